The molecule has 1 aliphatic rings. The summed E-state index contributed by atoms with van der Waals surface area (Å²) in [6, 6.07) is 9.09. The standard InChI is InChI=1S/C21H25FN4OS/c22-19-3-1-2-17(10-19)21-18(11-23-24-21)13-25-6-7-26(20(14-25)4-8-27)12-16-5-9-28-15-16/h1-3,5,9-11,15,20,27H,4,6-8,12-14H2,(H,23,24)/t20-/m0/s1. The Bertz CT molecular complexity index is 882. The fraction of sp³-hybridized carbons (Fsp3) is 0.381. The first kappa shape index (κ1) is 19.3. The zero-order valence-electron chi connectivity index (χ0n) is 15.7. The van der Waals surface area contributed by atoms with Gasteiger partial charge in [-0.2, -0.15) is 16.4 Å². The Morgan fingerprint density at radius 2 is 2.18 bits per heavy atom. The highest BCUT2D eigenvalue weighted by atomic mass is 32.1. The Balaban J connectivity index is 1.44. The smallest absolute Gasteiger partial charge is 0.123 e. The topological polar surface area (TPSA) is 55.4 Å². The number of thiophene rings is 1. The van der Waals surface area contributed by atoms with E-state index in [0.717, 1.165) is 56.0 Å². The molecule has 2 aromatic heterocycles. The number of benzene rings is 1. The lowest BCUT2D eigenvalue weighted by Crippen LogP contribution is -2.52. The van der Waals surface area contributed by atoms with Crippen LogP contribution >= 0.6 is 11.3 Å². The molecule has 148 valence electrons. The van der Waals surface area contributed by atoms with Gasteiger partial charge in [-0.05, 0) is 40.9 Å². The van der Waals surface area contributed by atoms with E-state index in [9.17, 15) is 9.50 Å². The lowest BCUT2D eigenvalue weighted by Gasteiger charge is -2.41. The van der Waals surface area contributed by atoms with Gasteiger partial charge in [-0.25, -0.2) is 4.39 Å². The molecule has 4 rings (SSSR count). The van der Waals surface area contributed by atoms with Crippen LogP contribution in [0.15, 0.2) is 47.3 Å². The minimum atomic E-state index is -0.247. The molecule has 3 aromatic rings. The van der Waals surface area contributed by atoms with Crippen molar-refractivity contribution in [2.75, 3.05) is 26.2 Å². The zero-order chi connectivity index (χ0) is 19.3. The van der Waals surface area contributed by atoms with Crippen LogP contribution in [0, 0.1) is 5.82 Å². The Morgan fingerprint density at radius 3 is 2.96 bits per heavy atom. The molecule has 7 heteroatoms. The van der Waals surface area contributed by atoms with Gasteiger partial charge >= 0.3 is 0 Å². The fourth-order valence-electron chi connectivity index (χ4n) is 3.91. The highest BCUT2D eigenvalue weighted by Gasteiger charge is 2.27. The predicted molar refractivity (Wildman–Crippen MR) is 109 cm³/mol. The third-order valence-electron chi connectivity index (χ3n) is 5.34. The molecule has 0 saturated carbocycles. The molecule has 0 amide bonds. The van der Waals surface area contributed by atoms with Gasteiger partial charge < -0.3 is 5.11 Å². The van der Waals surface area contributed by atoms with Crippen LogP contribution in [0.5, 0.6) is 0 Å². The van der Waals surface area contributed by atoms with Crippen molar-refractivity contribution in [3.8, 4) is 11.3 Å². The minimum absolute atomic E-state index is 0.193. The molecule has 5 nitrogen and oxygen atoms in total. The number of hydrogen-bond acceptors (Lipinski definition) is 5. The van der Waals surface area contributed by atoms with Crippen molar-refractivity contribution in [2.45, 2.75) is 25.6 Å². The first-order valence-electron chi connectivity index (χ1n) is 9.59. The first-order valence-corrected chi connectivity index (χ1v) is 10.5. The monoisotopic (exact) mass is 400 g/mol. The van der Waals surface area contributed by atoms with Crippen molar-refractivity contribution >= 4 is 11.3 Å². The summed E-state index contributed by atoms with van der Waals surface area (Å²) in [5.74, 6) is -0.247. The SMILES string of the molecule is OCC[C@H]1CN(Cc2cn[nH]c2-c2cccc(F)c2)CCN1Cc1ccsc1. The second-order valence-electron chi connectivity index (χ2n) is 7.28. The second kappa shape index (κ2) is 8.96. The zero-order valence-corrected chi connectivity index (χ0v) is 16.5. The normalized spacial score (nSPS) is 18.6. The molecule has 1 aliphatic heterocycles. The van der Waals surface area contributed by atoms with Gasteiger partial charge in [0.1, 0.15) is 5.82 Å². The van der Waals surface area contributed by atoms with Crippen LogP contribution in [0.25, 0.3) is 11.3 Å². The van der Waals surface area contributed by atoms with Gasteiger partial charge in [0, 0.05) is 56.5 Å². The summed E-state index contributed by atoms with van der Waals surface area (Å²) in [6.07, 6.45) is 2.60. The van der Waals surface area contributed by atoms with Crippen LogP contribution in [-0.4, -0.2) is 57.4 Å². The van der Waals surface area contributed by atoms with Crippen LogP contribution in [0.4, 0.5) is 4.39 Å². The number of hydrogen-bond donors (Lipinski definition) is 2. The number of nitrogens with zero attached hydrogens (tertiary/aromatic N) is 3. The Hall–Kier alpha value is -2.06. The second-order valence-corrected chi connectivity index (χ2v) is 8.06. The average molecular weight is 401 g/mol. The van der Waals surface area contributed by atoms with E-state index in [-0.39, 0.29) is 12.4 Å². The van der Waals surface area contributed by atoms with Gasteiger partial charge in [0.05, 0.1) is 11.9 Å². The molecule has 2 N–H and O–H groups in total. The quantitative estimate of drug-likeness (QED) is 0.639. The number of halogens is 1. The summed E-state index contributed by atoms with van der Waals surface area (Å²) in [4.78, 5) is 4.87. The fourth-order valence-corrected chi connectivity index (χ4v) is 4.57. The van der Waals surface area contributed by atoms with Gasteiger partial charge in [0.15, 0.2) is 0 Å². The Morgan fingerprint density at radius 1 is 1.25 bits per heavy atom. The van der Waals surface area contributed by atoms with Crippen molar-refractivity contribution in [2.24, 2.45) is 0 Å². The molecule has 0 unspecified atom stereocenters. The molecule has 1 saturated heterocycles. The van der Waals surface area contributed by atoms with Crippen molar-refractivity contribution in [1.82, 2.24) is 20.0 Å². The van der Waals surface area contributed by atoms with Crippen molar-refractivity contribution in [3.63, 3.8) is 0 Å². The molecule has 0 bridgehead atoms. The third-order valence-corrected chi connectivity index (χ3v) is 6.07. The summed E-state index contributed by atoms with van der Waals surface area (Å²) < 4.78 is 13.6. The van der Waals surface area contributed by atoms with Crippen LogP contribution in [0.1, 0.15) is 17.5 Å². The van der Waals surface area contributed by atoms with E-state index in [1.54, 1.807) is 17.4 Å². The van der Waals surface area contributed by atoms with E-state index < -0.39 is 0 Å². The molecule has 0 aliphatic carbocycles. The lowest BCUT2D eigenvalue weighted by atomic mass is 10.0. The molecular weight excluding hydrogens is 375 g/mol. The van der Waals surface area contributed by atoms with Gasteiger partial charge in [0.2, 0.25) is 0 Å². The molecule has 3 heterocycles. The summed E-state index contributed by atoms with van der Waals surface area (Å²) in [6.45, 7) is 4.71. The highest BCUT2D eigenvalue weighted by Crippen LogP contribution is 2.25. The van der Waals surface area contributed by atoms with E-state index in [2.05, 4.69) is 36.8 Å². The summed E-state index contributed by atoms with van der Waals surface area (Å²) >= 11 is 1.72. The maximum absolute atomic E-state index is 13.6. The van der Waals surface area contributed by atoms with Crippen LogP contribution < -0.4 is 0 Å². The number of nitrogens with one attached hydrogen (secondary N) is 1. The van der Waals surface area contributed by atoms with Crippen molar-refractivity contribution in [1.29, 1.82) is 0 Å². The van der Waals surface area contributed by atoms with Gasteiger partial charge in [-0.3, -0.25) is 14.9 Å². The highest BCUT2D eigenvalue weighted by molar-refractivity contribution is 7.07. The maximum Gasteiger partial charge on any atom is 0.123 e. The molecule has 0 radical (unpaired) electrons. The van der Waals surface area contributed by atoms with Gasteiger partial charge in [-0.15, -0.1) is 0 Å². The molecule has 1 fully saturated rings. The largest absolute Gasteiger partial charge is 0.396 e. The van der Waals surface area contributed by atoms with Gasteiger partial charge in [0.25, 0.3) is 0 Å². The van der Waals surface area contributed by atoms with E-state index in [1.165, 1.54) is 17.7 Å². The number of aliphatic hydroxyl groups is 1. The van der Waals surface area contributed by atoms with Crippen molar-refractivity contribution < 1.29 is 9.50 Å². The van der Waals surface area contributed by atoms with Crippen molar-refractivity contribution in [3.05, 3.63) is 64.2 Å². The van der Waals surface area contributed by atoms with E-state index in [4.69, 9.17) is 0 Å². The van der Waals surface area contributed by atoms with Gasteiger partial charge in [-0.1, -0.05) is 12.1 Å². The van der Waals surface area contributed by atoms with Crippen LogP contribution in [0.2, 0.25) is 0 Å². The average Bonchev–Trinajstić information content (AvgIpc) is 3.36. The minimum Gasteiger partial charge on any atom is -0.396 e. The first-order chi connectivity index (χ1) is 13.7. The molecule has 1 atom stereocenters. The maximum atomic E-state index is 13.6. The summed E-state index contributed by atoms with van der Waals surface area (Å²) in [5.41, 5.74) is 4.10. The predicted octanol–water partition coefficient (Wildman–Crippen LogP) is 3.35. The number of aromatic amines is 1. The molecule has 1 aromatic carbocycles. The van der Waals surface area contributed by atoms with E-state index in [0.29, 0.717) is 6.04 Å². The Kier molecular flexibility index (Phi) is 6.17. The van der Waals surface area contributed by atoms with Crippen LogP contribution in [-0.2, 0) is 13.1 Å². The number of H-pyrrole nitrogens is 1. The number of aliphatic hydroxyl groups excluding tert-OH is 1. The Labute approximate surface area is 168 Å². The number of rotatable bonds is 7. The molecule has 0 spiro atoms. The van der Waals surface area contributed by atoms with E-state index >= 15 is 0 Å². The van der Waals surface area contributed by atoms with Crippen LogP contribution in [0.3, 0.4) is 0 Å². The summed E-state index contributed by atoms with van der Waals surface area (Å²) in [7, 11) is 0. The lowest BCUT2D eigenvalue weighted by molar-refractivity contribution is 0.0501. The van der Waals surface area contributed by atoms with E-state index in [1.807, 2.05) is 12.3 Å². The molecular formula is C21H25FN4OS. The summed E-state index contributed by atoms with van der Waals surface area (Å²) in [5, 5.41) is 21.0. The molecule has 28 heavy (non-hydrogen) atoms. The third kappa shape index (κ3) is 4.50. The number of aromatic nitrogens is 2. The number of piperazine rings is 1.